The minimum Gasteiger partial charge on any atom is -0.356 e. The van der Waals surface area contributed by atoms with Gasteiger partial charge in [-0.2, -0.15) is 5.10 Å². The highest BCUT2D eigenvalue weighted by Crippen LogP contribution is 2.31. The molecule has 1 unspecified atom stereocenters. The summed E-state index contributed by atoms with van der Waals surface area (Å²) in [5.41, 5.74) is 5.04. The van der Waals surface area contributed by atoms with Crippen molar-refractivity contribution in [3.8, 4) is 11.3 Å². The molecule has 1 atom stereocenters. The lowest BCUT2D eigenvalue weighted by atomic mass is 10.1. The molecule has 6 rings (SSSR count). The minimum atomic E-state index is -0.0121. The number of fused-ring (bicyclic) bond motifs is 2. The van der Waals surface area contributed by atoms with Crippen molar-refractivity contribution in [2.24, 2.45) is 0 Å². The van der Waals surface area contributed by atoms with Gasteiger partial charge in [0.1, 0.15) is 11.3 Å². The van der Waals surface area contributed by atoms with Crippen LogP contribution in [0.2, 0.25) is 0 Å². The number of hydrogen-bond donors (Lipinski definition) is 0. The van der Waals surface area contributed by atoms with Gasteiger partial charge >= 0.3 is 0 Å². The topological polar surface area (TPSA) is 92.1 Å². The first-order valence-electron chi connectivity index (χ1n) is 10.7. The fraction of sp³-hybridized carbons (Fsp3) is 0.261. The molecule has 0 saturated carbocycles. The fourth-order valence-corrected chi connectivity index (χ4v) is 4.31. The Labute approximate surface area is 183 Å². The summed E-state index contributed by atoms with van der Waals surface area (Å²) in [6, 6.07) is 9.71. The molecule has 5 aromatic rings. The monoisotopic (exact) mass is 427 g/mol. The van der Waals surface area contributed by atoms with Crippen molar-refractivity contribution in [1.82, 2.24) is 34.2 Å². The minimum absolute atomic E-state index is 0.0121. The van der Waals surface area contributed by atoms with E-state index in [1.807, 2.05) is 45.9 Å². The van der Waals surface area contributed by atoms with E-state index in [0.717, 1.165) is 65.7 Å². The molecule has 0 aliphatic carbocycles. The molecule has 32 heavy (non-hydrogen) atoms. The lowest BCUT2D eigenvalue weighted by Crippen LogP contribution is -2.18. The van der Waals surface area contributed by atoms with Crippen LogP contribution in [-0.2, 0) is 11.3 Å². The van der Waals surface area contributed by atoms with Crippen molar-refractivity contribution in [2.75, 3.05) is 6.61 Å². The van der Waals surface area contributed by atoms with Crippen molar-refractivity contribution in [3.05, 3.63) is 66.4 Å². The first-order valence-corrected chi connectivity index (χ1v) is 10.7. The maximum Gasteiger partial charge on any atom is 0.151 e. The Kier molecular flexibility index (Phi) is 4.53. The number of benzene rings is 1. The second kappa shape index (κ2) is 7.69. The predicted octanol–water partition coefficient (Wildman–Crippen LogP) is 3.50. The number of imidazole rings is 1. The summed E-state index contributed by atoms with van der Waals surface area (Å²) in [5.74, 6) is 0. The molecule has 5 heterocycles. The van der Waals surface area contributed by atoms with Crippen LogP contribution in [0.1, 0.15) is 41.5 Å². The van der Waals surface area contributed by atoms with Gasteiger partial charge in [-0.15, -0.1) is 5.10 Å². The van der Waals surface area contributed by atoms with Gasteiger partial charge in [-0.25, -0.2) is 14.3 Å². The SMILES string of the molecule is O=Cc1ccc2nc(Cn3cc(-c4cccc5c4cnn5C4CCCCO4)nn3)cn2c1. The second-order valence-corrected chi connectivity index (χ2v) is 8.03. The summed E-state index contributed by atoms with van der Waals surface area (Å²) in [6.07, 6.45) is 11.5. The van der Waals surface area contributed by atoms with Crippen molar-refractivity contribution in [2.45, 2.75) is 32.0 Å². The van der Waals surface area contributed by atoms with Crippen LogP contribution < -0.4 is 0 Å². The molecule has 1 saturated heterocycles. The van der Waals surface area contributed by atoms with Crippen molar-refractivity contribution in [3.63, 3.8) is 0 Å². The molecular formula is C23H21N7O2. The molecule has 9 heteroatoms. The lowest BCUT2D eigenvalue weighted by molar-refractivity contribution is -0.0366. The Hall–Kier alpha value is -3.85. The Bertz CT molecular complexity index is 1420. The highest BCUT2D eigenvalue weighted by molar-refractivity contribution is 5.93. The van der Waals surface area contributed by atoms with Gasteiger partial charge in [0.25, 0.3) is 0 Å². The summed E-state index contributed by atoms with van der Waals surface area (Å²) >= 11 is 0. The molecule has 0 radical (unpaired) electrons. The van der Waals surface area contributed by atoms with Gasteiger partial charge in [0.15, 0.2) is 12.5 Å². The molecule has 1 aliphatic heterocycles. The Balaban J connectivity index is 1.30. The van der Waals surface area contributed by atoms with Gasteiger partial charge in [-0.1, -0.05) is 17.3 Å². The third-order valence-corrected chi connectivity index (χ3v) is 5.87. The normalized spacial score (nSPS) is 16.7. The maximum atomic E-state index is 11.0. The Morgan fingerprint density at radius 3 is 2.97 bits per heavy atom. The van der Waals surface area contributed by atoms with E-state index in [-0.39, 0.29) is 6.23 Å². The van der Waals surface area contributed by atoms with E-state index in [0.29, 0.717) is 12.1 Å². The summed E-state index contributed by atoms with van der Waals surface area (Å²) in [6.45, 7) is 1.26. The van der Waals surface area contributed by atoms with E-state index in [4.69, 9.17) is 4.74 Å². The number of carbonyl (C=O) groups is 1. The number of rotatable bonds is 5. The molecule has 4 aromatic heterocycles. The molecule has 1 aliphatic rings. The average molecular weight is 427 g/mol. The zero-order chi connectivity index (χ0) is 21.5. The predicted molar refractivity (Wildman–Crippen MR) is 117 cm³/mol. The van der Waals surface area contributed by atoms with Crippen LogP contribution in [0.15, 0.2) is 55.1 Å². The summed E-state index contributed by atoms with van der Waals surface area (Å²) in [4.78, 5) is 15.6. The number of carbonyl (C=O) groups excluding carboxylic acids is 1. The van der Waals surface area contributed by atoms with Crippen LogP contribution in [0.5, 0.6) is 0 Å². The number of aromatic nitrogens is 7. The van der Waals surface area contributed by atoms with E-state index in [2.05, 4.69) is 26.5 Å². The van der Waals surface area contributed by atoms with E-state index < -0.39 is 0 Å². The molecule has 1 fully saturated rings. The number of ether oxygens (including phenoxy) is 1. The molecule has 1 aromatic carbocycles. The highest BCUT2D eigenvalue weighted by atomic mass is 16.5. The average Bonchev–Trinajstić information content (AvgIpc) is 3.57. The number of aldehydes is 1. The van der Waals surface area contributed by atoms with Gasteiger partial charge in [-0.05, 0) is 37.5 Å². The van der Waals surface area contributed by atoms with Gasteiger partial charge in [-0.3, -0.25) is 4.79 Å². The summed E-state index contributed by atoms with van der Waals surface area (Å²) in [5, 5.41) is 14.4. The van der Waals surface area contributed by atoms with Crippen molar-refractivity contribution >= 4 is 22.8 Å². The standard InChI is InChI=1S/C23H21N7O2/c31-15-16-7-8-22-25-17(12-28(22)11-16)13-29-14-20(26-27-29)18-4-3-5-21-19(18)10-24-30(21)23-6-1-2-9-32-23/h3-5,7-8,10-12,14-15,23H,1-2,6,9,13H2. The number of hydrogen-bond acceptors (Lipinski definition) is 6. The number of nitrogens with zero attached hydrogens (tertiary/aromatic N) is 7. The Morgan fingerprint density at radius 2 is 2.09 bits per heavy atom. The summed E-state index contributed by atoms with van der Waals surface area (Å²) < 4.78 is 11.5. The Morgan fingerprint density at radius 1 is 1.12 bits per heavy atom. The number of pyridine rings is 1. The van der Waals surface area contributed by atoms with E-state index >= 15 is 0 Å². The largest absolute Gasteiger partial charge is 0.356 e. The molecule has 9 nitrogen and oxygen atoms in total. The third-order valence-electron chi connectivity index (χ3n) is 5.87. The van der Waals surface area contributed by atoms with Crippen LogP contribution in [0, 0.1) is 0 Å². The van der Waals surface area contributed by atoms with Crippen LogP contribution in [-0.4, -0.2) is 47.1 Å². The van der Waals surface area contributed by atoms with E-state index in [9.17, 15) is 4.79 Å². The smallest absolute Gasteiger partial charge is 0.151 e. The molecular weight excluding hydrogens is 406 g/mol. The molecule has 0 amide bonds. The summed E-state index contributed by atoms with van der Waals surface area (Å²) in [7, 11) is 0. The van der Waals surface area contributed by atoms with Gasteiger partial charge in [0.2, 0.25) is 0 Å². The lowest BCUT2D eigenvalue weighted by Gasteiger charge is -2.23. The van der Waals surface area contributed by atoms with Crippen LogP contribution in [0.25, 0.3) is 27.8 Å². The zero-order valence-corrected chi connectivity index (χ0v) is 17.3. The van der Waals surface area contributed by atoms with E-state index in [1.54, 1.807) is 16.9 Å². The zero-order valence-electron chi connectivity index (χ0n) is 17.3. The highest BCUT2D eigenvalue weighted by Gasteiger charge is 2.20. The quantitative estimate of drug-likeness (QED) is 0.399. The van der Waals surface area contributed by atoms with Crippen molar-refractivity contribution < 1.29 is 9.53 Å². The fourth-order valence-electron chi connectivity index (χ4n) is 4.31. The second-order valence-electron chi connectivity index (χ2n) is 8.03. The van der Waals surface area contributed by atoms with Crippen LogP contribution in [0.4, 0.5) is 0 Å². The molecule has 0 spiro atoms. The van der Waals surface area contributed by atoms with Crippen LogP contribution >= 0.6 is 0 Å². The van der Waals surface area contributed by atoms with E-state index in [1.165, 1.54) is 0 Å². The van der Waals surface area contributed by atoms with Gasteiger partial charge in [0.05, 0.1) is 30.1 Å². The molecule has 0 N–H and O–H groups in total. The van der Waals surface area contributed by atoms with Crippen molar-refractivity contribution in [1.29, 1.82) is 0 Å². The van der Waals surface area contributed by atoms with Gasteiger partial charge < -0.3 is 9.14 Å². The third kappa shape index (κ3) is 3.27. The molecule has 0 bridgehead atoms. The first-order chi connectivity index (χ1) is 15.8. The van der Waals surface area contributed by atoms with Gasteiger partial charge in [0, 0.05) is 35.5 Å². The maximum absolute atomic E-state index is 11.0. The first kappa shape index (κ1) is 18.9. The molecule has 160 valence electrons. The van der Waals surface area contributed by atoms with Crippen LogP contribution in [0.3, 0.4) is 0 Å².